The van der Waals surface area contributed by atoms with Crippen LogP contribution in [0.1, 0.15) is 27.4 Å². The number of nitrogens with zero attached hydrogens (tertiary/aromatic N) is 3. The maximum atomic E-state index is 12.7. The lowest BCUT2D eigenvalue weighted by Crippen LogP contribution is -2.22. The van der Waals surface area contributed by atoms with Gasteiger partial charge in [0.2, 0.25) is 5.82 Å². The number of nitro benzene ring substituents is 1. The Morgan fingerprint density at radius 2 is 1.69 bits per heavy atom. The van der Waals surface area contributed by atoms with E-state index in [0.29, 0.717) is 17.0 Å². The van der Waals surface area contributed by atoms with Gasteiger partial charge in [-0.1, -0.05) is 53.2 Å². The molecular formula is C24H18N4O4. The maximum absolute atomic E-state index is 12.7. The first-order valence-electron chi connectivity index (χ1n) is 9.73. The number of carbonyl (C=O) groups is 1. The number of carbonyl (C=O) groups excluding carboxylic acids is 1. The lowest BCUT2D eigenvalue weighted by Gasteiger charge is -2.07. The quantitative estimate of drug-likeness (QED) is 0.347. The lowest BCUT2D eigenvalue weighted by atomic mass is 10.1. The predicted molar refractivity (Wildman–Crippen MR) is 119 cm³/mol. The minimum absolute atomic E-state index is 0.0310. The van der Waals surface area contributed by atoms with Crippen LogP contribution in [-0.2, 0) is 0 Å². The average molecular weight is 426 g/mol. The van der Waals surface area contributed by atoms with Gasteiger partial charge in [0.1, 0.15) is 5.70 Å². The van der Waals surface area contributed by atoms with Gasteiger partial charge in [-0.15, -0.1) is 0 Å². The van der Waals surface area contributed by atoms with Gasteiger partial charge >= 0.3 is 0 Å². The summed E-state index contributed by atoms with van der Waals surface area (Å²) in [6, 6.07) is 22.3. The average Bonchev–Trinajstić information content (AvgIpc) is 3.30. The van der Waals surface area contributed by atoms with E-state index in [2.05, 4.69) is 15.5 Å². The summed E-state index contributed by atoms with van der Waals surface area (Å²) in [5, 5.41) is 17.7. The summed E-state index contributed by atoms with van der Waals surface area (Å²) in [5.74, 6) is 0.139. The molecule has 1 amide bonds. The van der Waals surface area contributed by atoms with Gasteiger partial charge in [0.05, 0.1) is 4.92 Å². The molecule has 1 heterocycles. The highest BCUT2D eigenvalue weighted by Gasteiger charge is 2.17. The van der Waals surface area contributed by atoms with Crippen LogP contribution in [0.5, 0.6) is 0 Å². The molecule has 0 aliphatic rings. The second-order valence-electron chi connectivity index (χ2n) is 7.02. The molecule has 0 aliphatic carbocycles. The summed E-state index contributed by atoms with van der Waals surface area (Å²) in [4.78, 5) is 27.6. The van der Waals surface area contributed by atoms with Crippen LogP contribution in [0.25, 0.3) is 23.2 Å². The van der Waals surface area contributed by atoms with E-state index in [9.17, 15) is 14.9 Å². The fourth-order valence-electron chi connectivity index (χ4n) is 2.95. The summed E-state index contributed by atoms with van der Waals surface area (Å²) in [6.45, 7) is 1.98. The molecule has 0 atom stereocenters. The third-order valence-electron chi connectivity index (χ3n) is 4.67. The smallest absolute Gasteiger partial charge is 0.274 e. The summed E-state index contributed by atoms with van der Waals surface area (Å²) >= 11 is 0. The molecular weight excluding hydrogens is 408 g/mol. The molecule has 0 saturated heterocycles. The molecule has 32 heavy (non-hydrogen) atoms. The molecule has 0 bridgehead atoms. The lowest BCUT2D eigenvalue weighted by molar-refractivity contribution is -0.384. The molecule has 0 radical (unpaired) electrons. The molecule has 0 unspecified atom stereocenters. The highest BCUT2D eigenvalue weighted by molar-refractivity contribution is 6.01. The predicted octanol–water partition coefficient (Wildman–Crippen LogP) is 4.88. The third-order valence-corrected chi connectivity index (χ3v) is 4.67. The van der Waals surface area contributed by atoms with Crippen molar-refractivity contribution >= 4 is 23.4 Å². The number of rotatable bonds is 6. The van der Waals surface area contributed by atoms with Crippen molar-refractivity contribution < 1.29 is 14.2 Å². The fourth-order valence-corrected chi connectivity index (χ4v) is 2.95. The van der Waals surface area contributed by atoms with Crippen LogP contribution in [0.3, 0.4) is 0 Å². The number of nitro groups is 1. The molecule has 8 nitrogen and oxygen atoms in total. The first-order chi connectivity index (χ1) is 15.5. The number of aromatic nitrogens is 2. The minimum atomic E-state index is -0.475. The minimum Gasteiger partial charge on any atom is -0.332 e. The Labute approximate surface area is 183 Å². The van der Waals surface area contributed by atoms with Gasteiger partial charge in [-0.3, -0.25) is 14.9 Å². The van der Waals surface area contributed by atoms with Gasteiger partial charge in [0, 0.05) is 23.3 Å². The largest absolute Gasteiger partial charge is 0.332 e. The Morgan fingerprint density at radius 3 is 2.34 bits per heavy atom. The zero-order chi connectivity index (χ0) is 22.5. The van der Waals surface area contributed by atoms with E-state index in [1.165, 1.54) is 12.1 Å². The van der Waals surface area contributed by atoms with Crippen molar-refractivity contribution in [3.8, 4) is 11.4 Å². The molecule has 0 aliphatic heterocycles. The van der Waals surface area contributed by atoms with Crippen molar-refractivity contribution in [3.05, 3.63) is 112 Å². The van der Waals surface area contributed by atoms with Crippen LogP contribution >= 0.6 is 0 Å². The maximum Gasteiger partial charge on any atom is 0.274 e. The first-order valence-corrected chi connectivity index (χ1v) is 9.73. The fraction of sp³-hybridized carbons (Fsp3) is 0.0417. The summed E-state index contributed by atoms with van der Waals surface area (Å²) in [6.07, 6.45) is 1.62. The Kier molecular flexibility index (Phi) is 5.85. The van der Waals surface area contributed by atoms with E-state index in [1.807, 2.05) is 37.3 Å². The van der Waals surface area contributed by atoms with Gasteiger partial charge in [-0.2, -0.15) is 4.98 Å². The van der Waals surface area contributed by atoms with E-state index < -0.39 is 4.92 Å². The van der Waals surface area contributed by atoms with Crippen molar-refractivity contribution in [2.75, 3.05) is 0 Å². The number of amides is 1. The number of nitrogens with one attached hydrogen (secondary N) is 1. The molecule has 0 spiro atoms. The van der Waals surface area contributed by atoms with Gasteiger partial charge in [-0.25, -0.2) is 0 Å². The number of hydrogen-bond donors (Lipinski definition) is 1. The molecule has 0 saturated carbocycles. The number of aryl methyl sites for hydroxylation is 1. The Balaban J connectivity index is 1.69. The number of non-ortho nitro benzene ring substituents is 1. The molecule has 1 aromatic heterocycles. The zero-order valence-electron chi connectivity index (χ0n) is 17.1. The molecule has 3 aromatic carbocycles. The third kappa shape index (κ3) is 4.76. The van der Waals surface area contributed by atoms with Crippen LogP contribution in [0.4, 0.5) is 5.69 Å². The standard InChI is InChI=1S/C24H18N4O4/c1-16-7-11-18(12-8-16)22-26-24(32-27-22)21(25-23(29)19-5-3-2-4-6-19)15-17-9-13-20(14-10-17)28(30)31/h2-15H,1H3,(H,25,29)/b21-15-. The van der Waals surface area contributed by atoms with Crippen LogP contribution in [-0.4, -0.2) is 21.0 Å². The van der Waals surface area contributed by atoms with Crippen LogP contribution in [0, 0.1) is 17.0 Å². The highest BCUT2D eigenvalue weighted by atomic mass is 16.6. The Bertz CT molecular complexity index is 1280. The topological polar surface area (TPSA) is 111 Å². The number of benzene rings is 3. The molecule has 4 aromatic rings. The number of hydrogen-bond acceptors (Lipinski definition) is 6. The molecule has 0 fully saturated rings. The van der Waals surface area contributed by atoms with E-state index in [0.717, 1.165) is 11.1 Å². The second kappa shape index (κ2) is 9.05. The van der Waals surface area contributed by atoms with Crippen molar-refractivity contribution in [1.29, 1.82) is 0 Å². The molecule has 1 N–H and O–H groups in total. The molecule has 158 valence electrons. The normalized spacial score (nSPS) is 11.2. The first kappa shape index (κ1) is 20.7. The van der Waals surface area contributed by atoms with Crippen LogP contribution in [0.15, 0.2) is 83.4 Å². The van der Waals surface area contributed by atoms with Gasteiger partial charge in [0.25, 0.3) is 17.5 Å². The van der Waals surface area contributed by atoms with Crippen LogP contribution < -0.4 is 5.32 Å². The van der Waals surface area contributed by atoms with Gasteiger partial charge in [0.15, 0.2) is 0 Å². The monoisotopic (exact) mass is 426 g/mol. The second-order valence-corrected chi connectivity index (χ2v) is 7.02. The van der Waals surface area contributed by atoms with Crippen molar-refractivity contribution in [2.45, 2.75) is 6.92 Å². The summed E-state index contributed by atoms with van der Waals surface area (Å²) in [5.41, 5.74) is 3.20. The van der Waals surface area contributed by atoms with Crippen molar-refractivity contribution in [1.82, 2.24) is 15.5 Å². The van der Waals surface area contributed by atoms with Gasteiger partial charge in [-0.05, 0) is 42.8 Å². The Morgan fingerprint density at radius 1 is 1.00 bits per heavy atom. The van der Waals surface area contributed by atoms with E-state index in [1.54, 1.807) is 42.5 Å². The highest BCUT2D eigenvalue weighted by Crippen LogP contribution is 2.22. The van der Waals surface area contributed by atoms with E-state index in [-0.39, 0.29) is 23.2 Å². The van der Waals surface area contributed by atoms with Gasteiger partial charge < -0.3 is 9.84 Å². The Hall–Kier alpha value is -4.59. The van der Waals surface area contributed by atoms with E-state index in [4.69, 9.17) is 4.52 Å². The van der Waals surface area contributed by atoms with Crippen LogP contribution in [0.2, 0.25) is 0 Å². The van der Waals surface area contributed by atoms with Crippen molar-refractivity contribution in [3.63, 3.8) is 0 Å². The van der Waals surface area contributed by atoms with Crippen molar-refractivity contribution in [2.24, 2.45) is 0 Å². The van der Waals surface area contributed by atoms with E-state index >= 15 is 0 Å². The summed E-state index contributed by atoms with van der Waals surface area (Å²) in [7, 11) is 0. The molecule has 4 rings (SSSR count). The molecule has 8 heteroatoms. The SMILES string of the molecule is Cc1ccc(-c2noc(/C(=C/c3ccc([N+](=O)[O-])cc3)NC(=O)c3ccccc3)n2)cc1. The zero-order valence-corrected chi connectivity index (χ0v) is 17.1. The summed E-state index contributed by atoms with van der Waals surface area (Å²) < 4.78 is 5.43.